The molecule has 2 heterocycles. The van der Waals surface area contributed by atoms with Crippen LogP contribution in [0, 0.1) is 18.3 Å². The van der Waals surface area contributed by atoms with Crippen molar-refractivity contribution < 1.29 is 4.79 Å². The number of hydrazone groups is 1. The molecule has 1 N–H and O–H groups in total. The summed E-state index contributed by atoms with van der Waals surface area (Å²) in [6.07, 6.45) is 3.31. The van der Waals surface area contributed by atoms with Gasteiger partial charge in [0, 0.05) is 6.20 Å². The molecule has 0 spiro atoms. The molecule has 0 aliphatic heterocycles. The van der Waals surface area contributed by atoms with Crippen LogP contribution in [0.2, 0.25) is 0 Å². The van der Waals surface area contributed by atoms with Gasteiger partial charge in [0.2, 0.25) is 0 Å². The maximum atomic E-state index is 12.3. The van der Waals surface area contributed by atoms with Crippen molar-refractivity contribution in [1.82, 2.24) is 14.8 Å². The number of pyridine rings is 1. The van der Waals surface area contributed by atoms with Crippen molar-refractivity contribution in [3.63, 3.8) is 0 Å². The summed E-state index contributed by atoms with van der Waals surface area (Å²) in [4.78, 5) is 16.6. The molecular formula is C17H13N5O. The van der Waals surface area contributed by atoms with Crippen LogP contribution in [0.1, 0.15) is 27.3 Å². The number of hydrogen-bond donors (Lipinski definition) is 1. The first-order valence-electron chi connectivity index (χ1n) is 6.96. The minimum atomic E-state index is -0.328. The van der Waals surface area contributed by atoms with Gasteiger partial charge in [-0.1, -0.05) is 18.2 Å². The van der Waals surface area contributed by atoms with Crippen molar-refractivity contribution in [1.29, 1.82) is 5.26 Å². The summed E-state index contributed by atoms with van der Waals surface area (Å²) < 4.78 is 1.72. The third kappa shape index (κ3) is 2.94. The molecule has 0 atom stereocenters. The Kier molecular flexibility index (Phi) is 3.85. The zero-order chi connectivity index (χ0) is 16.2. The zero-order valence-corrected chi connectivity index (χ0v) is 12.4. The number of hydrogen-bond acceptors (Lipinski definition) is 4. The Balaban J connectivity index is 1.77. The molecular weight excluding hydrogens is 290 g/mol. The Morgan fingerprint density at radius 2 is 2.09 bits per heavy atom. The van der Waals surface area contributed by atoms with Gasteiger partial charge in [0.05, 0.1) is 23.5 Å². The minimum absolute atomic E-state index is 0.328. The number of nitriles is 1. The second kappa shape index (κ2) is 6.12. The molecule has 0 bridgehead atoms. The minimum Gasteiger partial charge on any atom is -0.295 e. The zero-order valence-electron chi connectivity index (χ0n) is 12.4. The number of aromatic nitrogens is 2. The molecule has 1 aromatic carbocycles. The van der Waals surface area contributed by atoms with Crippen LogP contribution in [0.15, 0.2) is 53.8 Å². The third-order valence-electron chi connectivity index (χ3n) is 3.34. The summed E-state index contributed by atoms with van der Waals surface area (Å²) in [5.41, 5.74) is 5.68. The van der Waals surface area contributed by atoms with Gasteiger partial charge in [0.1, 0.15) is 11.3 Å². The van der Waals surface area contributed by atoms with Crippen molar-refractivity contribution in [2.45, 2.75) is 6.92 Å². The van der Waals surface area contributed by atoms with Crippen molar-refractivity contribution >= 4 is 17.8 Å². The summed E-state index contributed by atoms with van der Waals surface area (Å²) in [5.74, 6) is -0.328. The lowest BCUT2D eigenvalue weighted by molar-refractivity contribution is 0.0948. The summed E-state index contributed by atoms with van der Waals surface area (Å²) in [7, 11) is 0. The lowest BCUT2D eigenvalue weighted by Crippen LogP contribution is -2.20. The molecule has 0 aliphatic rings. The van der Waals surface area contributed by atoms with Crippen LogP contribution in [-0.2, 0) is 0 Å². The quantitative estimate of drug-likeness (QED) is 0.595. The van der Waals surface area contributed by atoms with Crippen molar-refractivity contribution in [3.05, 3.63) is 71.2 Å². The van der Waals surface area contributed by atoms with Crippen LogP contribution in [0.3, 0.4) is 0 Å². The first-order chi connectivity index (χ1) is 11.2. The van der Waals surface area contributed by atoms with Crippen LogP contribution >= 0.6 is 0 Å². The fourth-order valence-electron chi connectivity index (χ4n) is 2.25. The monoisotopic (exact) mass is 303 g/mol. The molecule has 3 rings (SSSR count). The molecule has 6 nitrogen and oxygen atoms in total. The lowest BCUT2D eigenvalue weighted by atomic mass is 10.2. The number of amides is 1. The van der Waals surface area contributed by atoms with Crippen LogP contribution in [0.5, 0.6) is 0 Å². The molecule has 0 saturated carbocycles. The van der Waals surface area contributed by atoms with E-state index in [1.807, 2.05) is 24.3 Å². The van der Waals surface area contributed by atoms with E-state index in [0.29, 0.717) is 22.6 Å². The van der Waals surface area contributed by atoms with E-state index in [1.165, 1.54) is 6.21 Å². The Bertz CT molecular complexity index is 932. The SMILES string of the molecule is Cc1nc2ccccn2c1C(=O)N/N=C\c1ccc(C#N)cc1. The topological polar surface area (TPSA) is 82.6 Å². The summed E-state index contributed by atoms with van der Waals surface area (Å²) in [5, 5.41) is 12.7. The van der Waals surface area contributed by atoms with Gasteiger partial charge in [-0.05, 0) is 36.8 Å². The molecule has 0 unspecified atom stereocenters. The van der Waals surface area contributed by atoms with E-state index < -0.39 is 0 Å². The summed E-state index contributed by atoms with van der Waals surface area (Å²) in [6, 6.07) is 14.5. The van der Waals surface area contributed by atoms with Gasteiger partial charge in [0.15, 0.2) is 0 Å². The predicted octanol–water partition coefficient (Wildman–Crippen LogP) is 2.28. The summed E-state index contributed by atoms with van der Waals surface area (Å²) >= 11 is 0. The highest BCUT2D eigenvalue weighted by Gasteiger charge is 2.15. The number of benzene rings is 1. The number of carbonyl (C=O) groups is 1. The van der Waals surface area contributed by atoms with E-state index in [-0.39, 0.29) is 5.91 Å². The molecule has 0 radical (unpaired) electrons. The summed E-state index contributed by atoms with van der Waals surface area (Å²) in [6.45, 7) is 1.78. The van der Waals surface area contributed by atoms with Gasteiger partial charge in [-0.25, -0.2) is 10.4 Å². The first-order valence-corrected chi connectivity index (χ1v) is 6.96. The van der Waals surface area contributed by atoms with Gasteiger partial charge in [0.25, 0.3) is 5.91 Å². The van der Waals surface area contributed by atoms with Gasteiger partial charge in [-0.3, -0.25) is 9.20 Å². The first kappa shape index (κ1) is 14.5. The highest BCUT2D eigenvalue weighted by Crippen LogP contribution is 2.11. The van der Waals surface area contributed by atoms with Gasteiger partial charge < -0.3 is 0 Å². The number of imidazole rings is 1. The maximum Gasteiger partial charge on any atom is 0.290 e. The highest BCUT2D eigenvalue weighted by atomic mass is 16.2. The number of aryl methyl sites for hydroxylation is 1. The molecule has 2 aromatic heterocycles. The molecule has 112 valence electrons. The number of carbonyl (C=O) groups excluding carboxylic acids is 1. The van der Waals surface area contributed by atoms with Gasteiger partial charge in [-0.15, -0.1) is 0 Å². The van der Waals surface area contributed by atoms with E-state index in [2.05, 4.69) is 15.5 Å². The van der Waals surface area contributed by atoms with E-state index in [4.69, 9.17) is 5.26 Å². The fraction of sp³-hybridized carbons (Fsp3) is 0.0588. The predicted molar refractivity (Wildman–Crippen MR) is 86.1 cm³/mol. The second-order valence-corrected chi connectivity index (χ2v) is 4.91. The molecule has 0 saturated heterocycles. The normalized spacial score (nSPS) is 10.8. The van der Waals surface area contributed by atoms with Crippen LogP contribution in [-0.4, -0.2) is 21.5 Å². The van der Waals surface area contributed by atoms with Crippen LogP contribution < -0.4 is 5.43 Å². The van der Waals surface area contributed by atoms with Crippen LogP contribution in [0.25, 0.3) is 5.65 Å². The maximum absolute atomic E-state index is 12.3. The van der Waals surface area contributed by atoms with Crippen LogP contribution in [0.4, 0.5) is 0 Å². The number of fused-ring (bicyclic) bond motifs is 1. The average Bonchev–Trinajstić information content (AvgIpc) is 2.91. The standard InChI is InChI=1S/C17H13N5O/c1-12-16(22-9-3-2-4-15(22)20-12)17(23)21-19-11-14-7-5-13(10-18)6-8-14/h2-9,11H,1H3,(H,21,23)/b19-11-. The van der Waals surface area contributed by atoms with Crippen molar-refractivity contribution in [3.8, 4) is 6.07 Å². The van der Waals surface area contributed by atoms with E-state index in [0.717, 1.165) is 5.56 Å². The molecule has 0 fully saturated rings. The second-order valence-electron chi connectivity index (χ2n) is 4.91. The largest absolute Gasteiger partial charge is 0.295 e. The number of rotatable bonds is 3. The van der Waals surface area contributed by atoms with Gasteiger partial charge in [-0.2, -0.15) is 10.4 Å². The smallest absolute Gasteiger partial charge is 0.290 e. The molecule has 0 aliphatic carbocycles. The molecule has 3 aromatic rings. The average molecular weight is 303 g/mol. The van der Waals surface area contributed by atoms with E-state index >= 15 is 0 Å². The lowest BCUT2D eigenvalue weighted by Gasteiger charge is -2.01. The third-order valence-corrected chi connectivity index (χ3v) is 3.34. The molecule has 6 heteroatoms. The number of nitrogens with zero attached hydrogens (tertiary/aromatic N) is 4. The highest BCUT2D eigenvalue weighted by molar-refractivity contribution is 5.95. The molecule has 23 heavy (non-hydrogen) atoms. The fourth-order valence-corrected chi connectivity index (χ4v) is 2.25. The Morgan fingerprint density at radius 3 is 2.83 bits per heavy atom. The van der Waals surface area contributed by atoms with Crippen molar-refractivity contribution in [2.24, 2.45) is 5.10 Å². The Labute approximate surface area is 132 Å². The van der Waals surface area contributed by atoms with Crippen molar-refractivity contribution in [2.75, 3.05) is 0 Å². The van der Waals surface area contributed by atoms with E-state index in [1.54, 1.807) is 41.8 Å². The number of nitrogens with one attached hydrogen (secondary N) is 1. The van der Waals surface area contributed by atoms with E-state index in [9.17, 15) is 4.79 Å². The Morgan fingerprint density at radius 1 is 1.30 bits per heavy atom. The molecule has 1 amide bonds. The Hall–Kier alpha value is -3.46. The van der Waals surface area contributed by atoms with Gasteiger partial charge >= 0.3 is 0 Å².